The van der Waals surface area contributed by atoms with Gasteiger partial charge < -0.3 is 21.1 Å². The Hall–Kier alpha value is -2.99. The third-order valence-corrected chi connectivity index (χ3v) is 4.25. The van der Waals surface area contributed by atoms with Crippen molar-refractivity contribution in [3.63, 3.8) is 0 Å². The fourth-order valence-electron chi connectivity index (χ4n) is 2.67. The number of fused-ring (bicyclic) bond motifs is 1. The van der Waals surface area contributed by atoms with Gasteiger partial charge in [-0.05, 0) is 29.8 Å². The number of hydrogen-bond acceptors (Lipinski definition) is 3. The highest BCUT2D eigenvalue weighted by atomic mass is 35.5. The maximum Gasteiger partial charge on any atom is 0.326 e. The Labute approximate surface area is 148 Å². The summed E-state index contributed by atoms with van der Waals surface area (Å²) < 4.78 is 0. The number of rotatable bonds is 5. The number of amides is 1. The zero-order valence-electron chi connectivity index (χ0n) is 13.1. The number of nitrogens with two attached hydrogens (primary N) is 1. The van der Waals surface area contributed by atoms with E-state index in [2.05, 4.69) is 10.3 Å². The molecule has 0 saturated heterocycles. The average Bonchev–Trinajstić information content (AvgIpc) is 2.97. The number of hydrogen-bond donors (Lipinski definition) is 4. The topological polar surface area (TPSA) is 108 Å². The van der Waals surface area contributed by atoms with Crippen molar-refractivity contribution in [1.29, 1.82) is 0 Å². The van der Waals surface area contributed by atoms with Crippen molar-refractivity contribution in [2.24, 2.45) is 0 Å². The smallest absolute Gasteiger partial charge is 0.326 e. The van der Waals surface area contributed by atoms with Crippen molar-refractivity contribution >= 4 is 40.1 Å². The van der Waals surface area contributed by atoms with E-state index in [1.165, 1.54) is 18.2 Å². The minimum absolute atomic E-state index is 0.150. The Kier molecular flexibility index (Phi) is 4.63. The maximum atomic E-state index is 12.4. The van der Waals surface area contributed by atoms with Crippen LogP contribution in [0.4, 0.5) is 5.69 Å². The molecule has 0 aliphatic carbocycles. The number of H-pyrrole nitrogens is 1. The van der Waals surface area contributed by atoms with Gasteiger partial charge in [0.05, 0.1) is 10.6 Å². The Morgan fingerprint density at radius 2 is 2.00 bits per heavy atom. The second-order valence-corrected chi connectivity index (χ2v) is 6.07. The van der Waals surface area contributed by atoms with E-state index in [0.717, 1.165) is 16.5 Å². The summed E-state index contributed by atoms with van der Waals surface area (Å²) >= 11 is 6.02. The quantitative estimate of drug-likeness (QED) is 0.526. The number of nitrogens with one attached hydrogen (secondary N) is 2. The normalized spacial score (nSPS) is 12.0. The predicted octanol–water partition coefficient (Wildman–Crippen LogP) is 2.83. The minimum Gasteiger partial charge on any atom is -0.480 e. The van der Waals surface area contributed by atoms with Crippen LogP contribution in [-0.4, -0.2) is 28.0 Å². The van der Waals surface area contributed by atoms with Crippen LogP contribution >= 0.6 is 11.6 Å². The standard InChI is InChI=1S/C18H16ClN3O3/c19-14-8-11(20)5-6-13(14)17(23)22-16(18(24)25)7-10-9-21-15-4-2-1-3-12(10)15/h1-6,8-9,16,21H,7,20H2,(H,22,23)(H,24,25)/t16-/m0/s1. The molecule has 0 bridgehead atoms. The SMILES string of the molecule is Nc1ccc(C(=O)N[C@@H](Cc2c[nH]c3ccccc23)C(=O)O)c(Cl)c1. The molecule has 1 heterocycles. The summed E-state index contributed by atoms with van der Waals surface area (Å²) in [7, 11) is 0. The van der Waals surface area contributed by atoms with E-state index < -0.39 is 17.9 Å². The van der Waals surface area contributed by atoms with Crippen LogP contribution < -0.4 is 11.1 Å². The zero-order valence-corrected chi connectivity index (χ0v) is 13.9. The fraction of sp³-hybridized carbons (Fsp3) is 0.111. The molecule has 1 amide bonds. The van der Waals surface area contributed by atoms with Crippen LogP contribution in [0.25, 0.3) is 10.9 Å². The Balaban J connectivity index is 1.82. The third kappa shape index (κ3) is 3.59. The molecule has 1 atom stereocenters. The maximum absolute atomic E-state index is 12.4. The Morgan fingerprint density at radius 1 is 1.24 bits per heavy atom. The molecule has 6 nitrogen and oxygen atoms in total. The lowest BCUT2D eigenvalue weighted by Gasteiger charge is -2.15. The molecular formula is C18H16ClN3O3. The molecule has 1 aromatic heterocycles. The van der Waals surface area contributed by atoms with Crippen molar-refractivity contribution < 1.29 is 14.7 Å². The van der Waals surface area contributed by atoms with Crippen molar-refractivity contribution in [3.05, 3.63) is 64.8 Å². The second-order valence-electron chi connectivity index (χ2n) is 5.67. The minimum atomic E-state index is -1.12. The molecule has 3 rings (SSSR count). The van der Waals surface area contributed by atoms with Gasteiger partial charge in [-0.3, -0.25) is 4.79 Å². The first kappa shape index (κ1) is 16.9. The number of carbonyl (C=O) groups excluding carboxylic acids is 1. The number of nitrogen functional groups attached to an aromatic ring is 1. The van der Waals surface area contributed by atoms with Gasteiger partial charge >= 0.3 is 5.97 Å². The molecule has 0 fully saturated rings. The van der Waals surface area contributed by atoms with E-state index in [1.807, 2.05) is 24.3 Å². The molecule has 0 spiro atoms. The van der Waals surface area contributed by atoms with Crippen LogP contribution in [0.1, 0.15) is 15.9 Å². The lowest BCUT2D eigenvalue weighted by molar-refractivity contribution is -0.139. The molecule has 0 aliphatic heterocycles. The van der Waals surface area contributed by atoms with Crippen LogP contribution in [0.15, 0.2) is 48.7 Å². The van der Waals surface area contributed by atoms with Crippen LogP contribution in [0, 0.1) is 0 Å². The molecular weight excluding hydrogens is 342 g/mol. The predicted molar refractivity (Wildman–Crippen MR) is 96.8 cm³/mol. The zero-order chi connectivity index (χ0) is 18.0. The lowest BCUT2D eigenvalue weighted by Crippen LogP contribution is -2.42. The molecule has 0 unspecified atom stereocenters. The van der Waals surface area contributed by atoms with Crippen molar-refractivity contribution in [2.45, 2.75) is 12.5 Å². The van der Waals surface area contributed by atoms with Gasteiger partial charge in [-0.25, -0.2) is 4.79 Å². The van der Waals surface area contributed by atoms with E-state index in [0.29, 0.717) is 5.69 Å². The molecule has 3 aromatic rings. The summed E-state index contributed by atoms with van der Waals surface area (Å²) in [5.41, 5.74) is 7.94. The number of halogens is 1. The van der Waals surface area contributed by atoms with Crippen molar-refractivity contribution in [1.82, 2.24) is 10.3 Å². The molecule has 7 heteroatoms. The number of para-hydroxylation sites is 1. The summed E-state index contributed by atoms with van der Waals surface area (Å²) in [6.45, 7) is 0. The van der Waals surface area contributed by atoms with Gasteiger partial charge in [0.1, 0.15) is 6.04 Å². The van der Waals surface area contributed by atoms with Gasteiger partial charge in [0.2, 0.25) is 0 Å². The number of aliphatic carboxylic acids is 1. The molecule has 0 saturated carbocycles. The van der Waals surface area contributed by atoms with Gasteiger partial charge in [-0.1, -0.05) is 29.8 Å². The number of carboxylic acid groups (broad SMARTS) is 1. The van der Waals surface area contributed by atoms with Crippen LogP contribution in [0.3, 0.4) is 0 Å². The van der Waals surface area contributed by atoms with Crippen LogP contribution in [0.5, 0.6) is 0 Å². The highest BCUT2D eigenvalue weighted by Crippen LogP contribution is 2.21. The summed E-state index contributed by atoms with van der Waals surface area (Å²) in [5.74, 6) is -1.68. The van der Waals surface area contributed by atoms with E-state index >= 15 is 0 Å². The Morgan fingerprint density at radius 3 is 2.72 bits per heavy atom. The van der Waals surface area contributed by atoms with Crippen LogP contribution in [-0.2, 0) is 11.2 Å². The summed E-state index contributed by atoms with van der Waals surface area (Å²) in [6, 6.07) is 10.9. The highest BCUT2D eigenvalue weighted by molar-refractivity contribution is 6.34. The number of aromatic amines is 1. The summed E-state index contributed by atoms with van der Waals surface area (Å²) in [4.78, 5) is 27.1. The summed E-state index contributed by atoms with van der Waals surface area (Å²) in [6.07, 6.45) is 1.90. The van der Waals surface area contributed by atoms with Gasteiger partial charge in [0.25, 0.3) is 5.91 Å². The van der Waals surface area contributed by atoms with E-state index in [-0.39, 0.29) is 17.0 Å². The van der Waals surface area contributed by atoms with Gasteiger partial charge in [-0.15, -0.1) is 0 Å². The Bertz CT molecular complexity index is 952. The van der Waals surface area contributed by atoms with Crippen LogP contribution in [0.2, 0.25) is 5.02 Å². The first-order valence-corrected chi connectivity index (χ1v) is 7.97. The number of anilines is 1. The largest absolute Gasteiger partial charge is 0.480 e. The summed E-state index contributed by atoms with van der Waals surface area (Å²) in [5, 5.41) is 13.1. The number of carbonyl (C=O) groups is 2. The molecule has 5 N–H and O–H groups in total. The molecule has 0 aliphatic rings. The molecule has 25 heavy (non-hydrogen) atoms. The van der Waals surface area contributed by atoms with E-state index in [9.17, 15) is 14.7 Å². The van der Waals surface area contributed by atoms with Crippen molar-refractivity contribution in [2.75, 3.05) is 5.73 Å². The number of carboxylic acids is 1. The highest BCUT2D eigenvalue weighted by Gasteiger charge is 2.23. The number of benzene rings is 2. The molecule has 2 aromatic carbocycles. The second kappa shape index (κ2) is 6.86. The van der Waals surface area contributed by atoms with Gasteiger partial charge in [0.15, 0.2) is 0 Å². The van der Waals surface area contributed by atoms with Gasteiger partial charge in [-0.2, -0.15) is 0 Å². The fourth-order valence-corrected chi connectivity index (χ4v) is 2.95. The lowest BCUT2D eigenvalue weighted by atomic mass is 10.0. The monoisotopic (exact) mass is 357 g/mol. The number of aromatic nitrogens is 1. The third-order valence-electron chi connectivity index (χ3n) is 3.94. The van der Waals surface area contributed by atoms with E-state index in [1.54, 1.807) is 6.20 Å². The first-order chi connectivity index (χ1) is 12.0. The molecule has 128 valence electrons. The average molecular weight is 358 g/mol. The van der Waals surface area contributed by atoms with Gasteiger partial charge in [0, 0.05) is 29.2 Å². The first-order valence-electron chi connectivity index (χ1n) is 7.59. The van der Waals surface area contributed by atoms with Crippen molar-refractivity contribution in [3.8, 4) is 0 Å². The molecule has 0 radical (unpaired) electrons. The van der Waals surface area contributed by atoms with E-state index in [4.69, 9.17) is 17.3 Å².